The molecule has 96 valence electrons. The minimum atomic E-state index is 0.532. The number of halogens is 1. The average molecular weight is 273 g/mol. The largest absolute Gasteiger partial charge is 0.297 e. The number of piperidine rings is 1. The Kier molecular flexibility index (Phi) is 4.45. The van der Waals surface area contributed by atoms with Gasteiger partial charge in [-0.1, -0.05) is 20.3 Å². The smallest absolute Gasteiger partial charge is 0.107 e. The predicted octanol–water partition coefficient (Wildman–Crippen LogP) is 3.89. The van der Waals surface area contributed by atoms with Crippen LogP contribution in [-0.2, 0) is 12.4 Å². The van der Waals surface area contributed by atoms with E-state index in [0.717, 1.165) is 12.2 Å². The van der Waals surface area contributed by atoms with E-state index in [2.05, 4.69) is 29.1 Å². The number of likely N-dealkylation sites (tertiary alicyclic amines) is 1. The lowest BCUT2D eigenvalue weighted by molar-refractivity contribution is 0.109. The fourth-order valence-electron chi connectivity index (χ4n) is 2.28. The van der Waals surface area contributed by atoms with Gasteiger partial charge >= 0.3 is 0 Å². The number of thiazole rings is 1. The van der Waals surface area contributed by atoms with E-state index >= 15 is 0 Å². The van der Waals surface area contributed by atoms with Crippen LogP contribution in [-0.4, -0.2) is 23.0 Å². The molecule has 0 atom stereocenters. The number of aromatic nitrogens is 1. The molecule has 0 spiro atoms. The molecule has 2 nitrogen and oxygen atoms in total. The predicted molar refractivity (Wildman–Crippen MR) is 74.6 cm³/mol. The Morgan fingerprint density at radius 2 is 2.18 bits per heavy atom. The third kappa shape index (κ3) is 3.43. The highest BCUT2D eigenvalue weighted by Crippen LogP contribution is 2.34. The molecule has 1 aromatic heterocycles. The van der Waals surface area contributed by atoms with Crippen molar-refractivity contribution in [3.8, 4) is 0 Å². The van der Waals surface area contributed by atoms with E-state index in [9.17, 15) is 0 Å². The Balaban J connectivity index is 1.85. The van der Waals surface area contributed by atoms with Crippen molar-refractivity contribution < 1.29 is 0 Å². The molecule has 4 heteroatoms. The van der Waals surface area contributed by atoms with Gasteiger partial charge in [-0.2, -0.15) is 0 Å². The van der Waals surface area contributed by atoms with Crippen LogP contribution in [0.3, 0.4) is 0 Å². The van der Waals surface area contributed by atoms with Crippen LogP contribution in [0.2, 0.25) is 0 Å². The summed E-state index contributed by atoms with van der Waals surface area (Å²) in [5.41, 5.74) is 1.59. The third-order valence-corrected chi connectivity index (χ3v) is 5.17. The molecule has 0 bridgehead atoms. The maximum Gasteiger partial charge on any atom is 0.107 e. The van der Waals surface area contributed by atoms with E-state index < -0.39 is 0 Å². The van der Waals surface area contributed by atoms with E-state index in [1.54, 1.807) is 11.3 Å². The van der Waals surface area contributed by atoms with Crippen LogP contribution in [0, 0.1) is 5.41 Å². The lowest BCUT2D eigenvalue weighted by Gasteiger charge is -2.38. The van der Waals surface area contributed by atoms with Crippen molar-refractivity contribution in [1.29, 1.82) is 0 Å². The normalized spacial score (nSPS) is 20.6. The first-order valence-corrected chi connectivity index (χ1v) is 7.78. The second kappa shape index (κ2) is 5.68. The SMILES string of the molecule is CCC1(C)CCN(Cc2nc(CCl)cs2)CC1. The highest BCUT2D eigenvalue weighted by molar-refractivity contribution is 7.09. The van der Waals surface area contributed by atoms with E-state index in [1.165, 1.54) is 37.4 Å². The topological polar surface area (TPSA) is 16.1 Å². The minimum absolute atomic E-state index is 0.532. The van der Waals surface area contributed by atoms with Crippen LogP contribution in [0.25, 0.3) is 0 Å². The van der Waals surface area contributed by atoms with Crippen molar-refractivity contribution in [2.75, 3.05) is 13.1 Å². The van der Waals surface area contributed by atoms with Crippen LogP contribution in [0.5, 0.6) is 0 Å². The van der Waals surface area contributed by atoms with E-state index in [-0.39, 0.29) is 0 Å². The lowest BCUT2D eigenvalue weighted by Crippen LogP contribution is -2.37. The second-order valence-electron chi connectivity index (χ2n) is 5.31. The standard InChI is InChI=1S/C13H21ClN2S/c1-3-13(2)4-6-16(7-5-13)9-12-15-11(8-14)10-17-12/h10H,3-9H2,1-2H3. The fourth-order valence-corrected chi connectivity index (χ4v) is 3.34. The molecule has 0 aromatic carbocycles. The quantitative estimate of drug-likeness (QED) is 0.773. The molecular formula is C13H21ClN2S. The number of hydrogen-bond acceptors (Lipinski definition) is 3. The summed E-state index contributed by atoms with van der Waals surface area (Å²) in [5.74, 6) is 0.532. The van der Waals surface area contributed by atoms with Gasteiger partial charge in [0.2, 0.25) is 0 Å². The van der Waals surface area contributed by atoms with Crippen molar-refractivity contribution in [3.05, 3.63) is 16.1 Å². The van der Waals surface area contributed by atoms with Gasteiger partial charge in [0.1, 0.15) is 5.01 Å². The van der Waals surface area contributed by atoms with Crippen molar-refractivity contribution in [1.82, 2.24) is 9.88 Å². The first-order chi connectivity index (χ1) is 8.15. The van der Waals surface area contributed by atoms with Crippen molar-refractivity contribution in [3.63, 3.8) is 0 Å². The zero-order valence-corrected chi connectivity index (χ0v) is 12.3. The minimum Gasteiger partial charge on any atom is -0.297 e. The molecule has 17 heavy (non-hydrogen) atoms. The molecule has 0 unspecified atom stereocenters. The van der Waals surface area contributed by atoms with Crippen LogP contribution >= 0.6 is 22.9 Å². The molecule has 2 heterocycles. The van der Waals surface area contributed by atoms with Crippen LogP contribution < -0.4 is 0 Å². The molecule has 0 saturated carbocycles. The molecule has 0 radical (unpaired) electrons. The molecular weight excluding hydrogens is 252 g/mol. The summed E-state index contributed by atoms with van der Waals surface area (Å²) in [6.07, 6.45) is 3.93. The zero-order valence-electron chi connectivity index (χ0n) is 10.7. The van der Waals surface area contributed by atoms with Gasteiger partial charge in [-0.3, -0.25) is 4.90 Å². The molecule has 1 fully saturated rings. The summed E-state index contributed by atoms with van der Waals surface area (Å²) < 4.78 is 0. The fraction of sp³-hybridized carbons (Fsp3) is 0.769. The van der Waals surface area contributed by atoms with Crippen molar-refractivity contribution in [2.45, 2.75) is 45.5 Å². The maximum absolute atomic E-state index is 5.77. The first kappa shape index (κ1) is 13.3. The van der Waals surface area contributed by atoms with Crippen molar-refractivity contribution in [2.24, 2.45) is 5.41 Å². The zero-order chi connectivity index (χ0) is 12.3. The Morgan fingerprint density at radius 3 is 2.71 bits per heavy atom. The van der Waals surface area contributed by atoms with Gasteiger partial charge in [0.15, 0.2) is 0 Å². The number of hydrogen-bond donors (Lipinski definition) is 0. The van der Waals surface area contributed by atoms with Crippen LogP contribution in [0.4, 0.5) is 0 Å². The molecule has 1 aliphatic heterocycles. The van der Waals surface area contributed by atoms with Gasteiger partial charge < -0.3 is 0 Å². The lowest BCUT2D eigenvalue weighted by atomic mass is 9.78. The molecule has 1 aromatic rings. The highest BCUT2D eigenvalue weighted by Gasteiger charge is 2.28. The van der Waals surface area contributed by atoms with Gasteiger partial charge in [-0.05, 0) is 31.3 Å². The summed E-state index contributed by atoms with van der Waals surface area (Å²) in [7, 11) is 0. The Hall–Kier alpha value is -0.120. The number of alkyl halides is 1. The van der Waals surface area contributed by atoms with Gasteiger partial charge in [0, 0.05) is 5.38 Å². The van der Waals surface area contributed by atoms with E-state index in [4.69, 9.17) is 11.6 Å². The first-order valence-electron chi connectivity index (χ1n) is 6.37. The third-order valence-electron chi connectivity index (χ3n) is 4.01. The molecule has 1 saturated heterocycles. The second-order valence-corrected chi connectivity index (χ2v) is 6.52. The van der Waals surface area contributed by atoms with Crippen molar-refractivity contribution >= 4 is 22.9 Å². The number of rotatable bonds is 4. The monoisotopic (exact) mass is 272 g/mol. The Bertz CT molecular complexity index is 356. The number of nitrogens with zero attached hydrogens (tertiary/aromatic N) is 2. The Morgan fingerprint density at radius 1 is 1.47 bits per heavy atom. The Labute approximate surface area is 113 Å². The summed E-state index contributed by atoms with van der Waals surface area (Å²) in [4.78, 5) is 7.05. The van der Waals surface area contributed by atoms with Crippen LogP contribution in [0.15, 0.2) is 5.38 Å². The van der Waals surface area contributed by atoms with Gasteiger partial charge in [-0.15, -0.1) is 22.9 Å². The molecule has 0 aliphatic carbocycles. The van der Waals surface area contributed by atoms with E-state index in [0.29, 0.717) is 11.3 Å². The molecule has 2 rings (SSSR count). The molecule has 1 aliphatic rings. The molecule has 0 amide bonds. The van der Waals surface area contributed by atoms with Crippen LogP contribution in [0.1, 0.15) is 43.8 Å². The summed E-state index contributed by atoms with van der Waals surface area (Å²) in [5, 5.41) is 3.28. The van der Waals surface area contributed by atoms with Gasteiger partial charge in [0.25, 0.3) is 0 Å². The van der Waals surface area contributed by atoms with Gasteiger partial charge in [-0.25, -0.2) is 4.98 Å². The maximum atomic E-state index is 5.77. The summed E-state index contributed by atoms with van der Waals surface area (Å²) >= 11 is 7.51. The van der Waals surface area contributed by atoms with E-state index in [1.807, 2.05) is 0 Å². The van der Waals surface area contributed by atoms with Gasteiger partial charge in [0.05, 0.1) is 18.1 Å². The summed E-state index contributed by atoms with van der Waals surface area (Å²) in [6.45, 7) is 8.14. The molecule has 0 N–H and O–H groups in total. The summed E-state index contributed by atoms with van der Waals surface area (Å²) in [6, 6.07) is 0. The highest BCUT2D eigenvalue weighted by atomic mass is 35.5. The average Bonchev–Trinajstić information content (AvgIpc) is 2.80.